The Hall–Kier alpha value is -2.53. The molecule has 0 aliphatic rings. The fraction of sp³-hybridized carbons (Fsp3) is 0.278. The number of carboxylic acids is 1. The van der Waals surface area contributed by atoms with Crippen LogP contribution in [0, 0.1) is 0 Å². The molecule has 2 aromatic carbocycles. The van der Waals surface area contributed by atoms with Gasteiger partial charge in [0.1, 0.15) is 11.5 Å². The minimum atomic E-state index is -0.910. The first kappa shape index (κ1) is 16.8. The van der Waals surface area contributed by atoms with Crippen molar-refractivity contribution >= 4 is 5.97 Å². The van der Waals surface area contributed by atoms with Gasteiger partial charge in [-0.3, -0.25) is 4.90 Å². The van der Waals surface area contributed by atoms with Crippen molar-refractivity contribution in [3.05, 3.63) is 59.2 Å². The van der Waals surface area contributed by atoms with Crippen molar-refractivity contribution in [1.29, 1.82) is 0 Å². The molecule has 0 aliphatic heterocycles. The largest absolute Gasteiger partial charge is 0.497 e. The molecule has 0 amide bonds. The van der Waals surface area contributed by atoms with Crippen LogP contribution in [0.3, 0.4) is 0 Å². The third-order valence-electron chi connectivity index (χ3n) is 3.49. The Morgan fingerprint density at radius 3 is 2.17 bits per heavy atom. The van der Waals surface area contributed by atoms with E-state index in [1.807, 2.05) is 31.3 Å². The second kappa shape index (κ2) is 7.65. The highest BCUT2D eigenvalue weighted by atomic mass is 16.5. The molecule has 0 aliphatic carbocycles. The minimum Gasteiger partial charge on any atom is -0.497 e. The van der Waals surface area contributed by atoms with Gasteiger partial charge in [-0.2, -0.15) is 0 Å². The second-order valence-electron chi connectivity index (χ2n) is 5.40. The molecule has 0 bridgehead atoms. The number of aromatic carboxylic acids is 1. The number of hydrogen-bond donors (Lipinski definition) is 1. The van der Waals surface area contributed by atoms with E-state index in [-0.39, 0.29) is 0 Å². The Balaban J connectivity index is 2.08. The molecule has 0 spiro atoms. The molecule has 5 heteroatoms. The van der Waals surface area contributed by atoms with Gasteiger partial charge in [-0.1, -0.05) is 12.1 Å². The van der Waals surface area contributed by atoms with Gasteiger partial charge in [0.2, 0.25) is 0 Å². The first-order valence-corrected chi connectivity index (χ1v) is 7.24. The van der Waals surface area contributed by atoms with Crippen molar-refractivity contribution in [1.82, 2.24) is 4.90 Å². The number of nitrogens with zero attached hydrogens (tertiary/aromatic N) is 1. The standard InChI is InChI=1S/C18H21NO4/c1-19(11-13-5-4-6-15(7-13)18(20)21)12-14-8-16(22-2)10-17(9-14)23-3/h4-10H,11-12H2,1-3H3,(H,20,21). The van der Waals surface area contributed by atoms with Crippen LogP contribution < -0.4 is 9.47 Å². The van der Waals surface area contributed by atoms with Gasteiger partial charge < -0.3 is 14.6 Å². The molecule has 5 nitrogen and oxygen atoms in total. The number of rotatable bonds is 7. The first-order chi connectivity index (χ1) is 11.0. The Kier molecular flexibility index (Phi) is 5.60. The van der Waals surface area contributed by atoms with Crippen molar-refractivity contribution in [3.63, 3.8) is 0 Å². The molecule has 0 saturated heterocycles. The zero-order chi connectivity index (χ0) is 16.8. The van der Waals surface area contributed by atoms with Crippen molar-refractivity contribution in [2.45, 2.75) is 13.1 Å². The fourth-order valence-corrected chi connectivity index (χ4v) is 2.44. The summed E-state index contributed by atoms with van der Waals surface area (Å²) in [5, 5.41) is 9.05. The van der Waals surface area contributed by atoms with Crippen molar-refractivity contribution in [2.24, 2.45) is 0 Å². The summed E-state index contributed by atoms with van der Waals surface area (Å²) in [7, 11) is 5.23. The molecule has 0 heterocycles. The molecule has 23 heavy (non-hydrogen) atoms. The van der Waals surface area contributed by atoms with Gasteiger partial charge in [0, 0.05) is 19.2 Å². The summed E-state index contributed by atoms with van der Waals surface area (Å²) in [5.41, 5.74) is 2.33. The van der Waals surface area contributed by atoms with Gasteiger partial charge in [-0.05, 0) is 42.4 Å². The predicted octanol–water partition coefficient (Wildman–Crippen LogP) is 3.03. The molecule has 122 valence electrons. The van der Waals surface area contributed by atoms with Gasteiger partial charge in [0.05, 0.1) is 19.8 Å². The van der Waals surface area contributed by atoms with E-state index in [1.165, 1.54) is 0 Å². The molecule has 2 aromatic rings. The SMILES string of the molecule is COc1cc(CN(C)Cc2cccc(C(=O)O)c2)cc(OC)c1. The van der Waals surface area contributed by atoms with Crippen LogP contribution in [0.4, 0.5) is 0 Å². The normalized spacial score (nSPS) is 10.6. The van der Waals surface area contributed by atoms with E-state index in [4.69, 9.17) is 14.6 Å². The summed E-state index contributed by atoms with van der Waals surface area (Å²) >= 11 is 0. The summed E-state index contributed by atoms with van der Waals surface area (Å²) in [4.78, 5) is 13.1. The van der Waals surface area contributed by atoms with Crippen LogP contribution in [0.5, 0.6) is 11.5 Å². The maximum atomic E-state index is 11.0. The highest BCUT2D eigenvalue weighted by molar-refractivity contribution is 5.87. The van der Waals surface area contributed by atoms with Gasteiger partial charge >= 0.3 is 5.97 Å². The first-order valence-electron chi connectivity index (χ1n) is 7.24. The maximum absolute atomic E-state index is 11.0. The van der Waals surface area contributed by atoms with Crippen LogP contribution in [-0.4, -0.2) is 37.2 Å². The van der Waals surface area contributed by atoms with Gasteiger partial charge in [0.25, 0.3) is 0 Å². The van der Waals surface area contributed by atoms with E-state index >= 15 is 0 Å². The topological polar surface area (TPSA) is 59.0 Å². The smallest absolute Gasteiger partial charge is 0.335 e. The number of hydrogen-bond acceptors (Lipinski definition) is 4. The maximum Gasteiger partial charge on any atom is 0.335 e. The Bertz CT molecular complexity index is 662. The molecule has 0 saturated carbocycles. The Morgan fingerprint density at radius 1 is 1.00 bits per heavy atom. The lowest BCUT2D eigenvalue weighted by Gasteiger charge is -2.18. The predicted molar refractivity (Wildman–Crippen MR) is 88.1 cm³/mol. The second-order valence-corrected chi connectivity index (χ2v) is 5.40. The van der Waals surface area contributed by atoms with Crippen LogP contribution in [0.15, 0.2) is 42.5 Å². The van der Waals surface area contributed by atoms with Crippen LogP contribution >= 0.6 is 0 Å². The Labute approximate surface area is 136 Å². The van der Waals surface area contributed by atoms with Crippen molar-refractivity contribution in [2.75, 3.05) is 21.3 Å². The number of ether oxygens (including phenoxy) is 2. The van der Waals surface area contributed by atoms with Crippen LogP contribution in [0.25, 0.3) is 0 Å². The molecular weight excluding hydrogens is 294 g/mol. The quantitative estimate of drug-likeness (QED) is 0.851. The summed E-state index contributed by atoms with van der Waals surface area (Å²) in [6, 6.07) is 12.7. The molecule has 2 rings (SSSR count). The monoisotopic (exact) mass is 315 g/mol. The van der Waals surface area contributed by atoms with Crippen LogP contribution in [-0.2, 0) is 13.1 Å². The van der Waals surface area contributed by atoms with Crippen LogP contribution in [0.1, 0.15) is 21.5 Å². The van der Waals surface area contributed by atoms with E-state index < -0.39 is 5.97 Å². The van der Waals surface area contributed by atoms with E-state index in [9.17, 15) is 4.79 Å². The van der Waals surface area contributed by atoms with Gasteiger partial charge in [0.15, 0.2) is 0 Å². The molecular formula is C18H21NO4. The van der Waals surface area contributed by atoms with E-state index in [0.29, 0.717) is 18.7 Å². The summed E-state index contributed by atoms with van der Waals surface area (Å²) in [6.07, 6.45) is 0. The third kappa shape index (κ3) is 4.72. The van der Waals surface area contributed by atoms with E-state index in [0.717, 1.165) is 22.6 Å². The summed E-state index contributed by atoms with van der Waals surface area (Å²) in [5.74, 6) is 0.591. The number of methoxy groups -OCH3 is 2. The molecule has 0 fully saturated rings. The highest BCUT2D eigenvalue weighted by Gasteiger charge is 2.08. The molecule has 1 N–H and O–H groups in total. The number of carbonyl (C=O) groups is 1. The Morgan fingerprint density at radius 2 is 1.61 bits per heavy atom. The zero-order valence-corrected chi connectivity index (χ0v) is 13.6. The molecule has 0 atom stereocenters. The average Bonchev–Trinajstić information content (AvgIpc) is 2.54. The van der Waals surface area contributed by atoms with Crippen molar-refractivity contribution < 1.29 is 19.4 Å². The number of benzene rings is 2. The van der Waals surface area contributed by atoms with Gasteiger partial charge in [-0.25, -0.2) is 4.79 Å². The molecule has 0 unspecified atom stereocenters. The molecule has 0 radical (unpaired) electrons. The zero-order valence-electron chi connectivity index (χ0n) is 13.6. The van der Waals surface area contributed by atoms with E-state index in [1.54, 1.807) is 32.4 Å². The third-order valence-corrected chi connectivity index (χ3v) is 3.49. The lowest BCUT2D eigenvalue weighted by Crippen LogP contribution is -2.17. The van der Waals surface area contributed by atoms with E-state index in [2.05, 4.69) is 4.90 Å². The average molecular weight is 315 g/mol. The lowest BCUT2D eigenvalue weighted by atomic mass is 10.1. The lowest BCUT2D eigenvalue weighted by molar-refractivity contribution is 0.0696. The summed E-state index contributed by atoms with van der Waals surface area (Å²) in [6.45, 7) is 1.35. The molecule has 0 aromatic heterocycles. The summed E-state index contributed by atoms with van der Waals surface area (Å²) < 4.78 is 10.6. The van der Waals surface area contributed by atoms with Crippen LogP contribution in [0.2, 0.25) is 0 Å². The highest BCUT2D eigenvalue weighted by Crippen LogP contribution is 2.23. The van der Waals surface area contributed by atoms with Gasteiger partial charge in [-0.15, -0.1) is 0 Å². The number of carboxylic acid groups (broad SMARTS) is 1. The minimum absolute atomic E-state index is 0.305. The fourth-order valence-electron chi connectivity index (χ4n) is 2.44. The van der Waals surface area contributed by atoms with Crippen molar-refractivity contribution in [3.8, 4) is 11.5 Å².